The predicted octanol–water partition coefficient (Wildman–Crippen LogP) is 3.94. The predicted molar refractivity (Wildman–Crippen MR) is 144 cm³/mol. The summed E-state index contributed by atoms with van der Waals surface area (Å²) >= 11 is 0.766. The molecule has 2 aromatic rings. The van der Waals surface area contributed by atoms with Crippen molar-refractivity contribution < 1.29 is 27.4 Å². The lowest BCUT2D eigenvalue weighted by molar-refractivity contribution is -0.114. The molecule has 2 aliphatic heterocycles. The zero-order valence-corrected chi connectivity index (χ0v) is 22.0. The smallest absolute Gasteiger partial charge is 0.283 e. The molecule has 0 bridgehead atoms. The summed E-state index contributed by atoms with van der Waals surface area (Å²) < 4.78 is 41.5. The van der Waals surface area contributed by atoms with Crippen molar-refractivity contribution in [3.8, 4) is 17.2 Å². The summed E-state index contributed by atoms with van der Waals surface area (Å²) in [6, 6.07) is 14.7. The number of para-hydroxylation sites is 1. The van der Waals surface area contributed by atoms with Crippen LogP contribution in [0.2, 0.25) is 0 Å². The van der Waals surface area contributed by atoms with Crippen LogP contribution in [0.25, 0.3) is 6.08 Å². The number of rotatable bonds is 10. The average Bonchev–Trinajstić information content (AvgIpc) is 3.33. The lowest BCUT2D eigenvalue weighted by atomic mass is 10.1. The van der Waals surface area contributed by atoms with Gasteiger partial charge in [-0.05, 0) is 54.6 Å². The average molecular weight is 543 g/mol. The first-order chi connectivity index (χ1) is 17.8. The zero-order chi connectivity index (χ0) is 26.4. The van der Waals surface area contributed by atoms with E-state index in [0.29, 0.717) is 43.3 Å². The maximum atomic E-state index is 12.7. The minimum Gasteiger partial charge on any atom is -0.493 e. The second-order valence-corrected chi connectivity index (χ2v) is 11.2. The molecule has 12 heteroatoms. The van der Waals surface area contributed by atoms with E-state index in [1.807, 2.05) is 37.3 Å². The molecule has 0 radical (unpaired) electrons. The Morgan fingerprint density at radius 3 is 2.51 bits per heavy atom. The second kappa shape index (κ2) is 11.6. The van der Waals surface area contributed by atoms with Gasteiger partial charge in [0, 0.05) is 6.42 Å². The number of ether oxygens (including phenoxy) is 3. The maximum Gasteiger partial charge on any atom is 0.283 e. The number of thioether (sulfide) groups is 1. The Kier molecular flexibility index (Phi) is 8.29. The number of amides is 1. The Bertz CT molecular complexity index is 1390. The molecule has 2 aliphatic rings. The van der Waals surface area contributed by atoms with Gasteiger partial charge in [-0.15, -0.1) is 5.10 Å². The summed E-state index contributed by atoms with van der Waals surface area (Å²) in [7, 11) is -3.59. The molecule has 0 saturated heterocycles. The SMILES string of the molecule is CCOc1cc(/C=C2/C(=N)N3N=C(S(=O)(=O)CC)SC3=NC2=O)ccc1OCCCOc1ccccc1. The van der Waals surface area contributed by atoms with E-state index >= 15 is 0 Å². The lowest BCUT2D eigenvalue weighted by Gasteiger charge is -2.20. The molecule has 0 aliphatic carbocycles. The van der Waals surface area contributed by atoms with Crippen LogP contribution in [0.3, 0.4) is 0 Å². The number of aliphatic imine (C=N–C) groups is 1. The number of carbonyl (C=O) groups excluding carboxylic acids is 1. The zero-order valence-electron chi connectivity index (χ0n) is 20.3. The monoisotopic (exact) mass is 542 g/mol. The quantitative estimate of drug-likeness (QED) is 0.353. The number of fused-ring (bicyclic) bond motifs is 1. The second-order valence-electron chi connectivity index (χ2n) is 7.79. The van der Waals surface area contributed by atoms with Gasteiger partial charge in [0.25, 0.3) is 5.91 Å². The highest BCUT2D eigenvalue weighted by Crippen LogP contribution is 2.32. The number of amidine groups is 2. The molecule has 1 amide bonds. The number of hydrogen-bond donors (Lipinski definition) is 1. The Morgan fingerprint density at radius 1 is 1.03 bits per heavy atom. The highest BCUT2D eigenvalue weighted by atomic mass is 32.3. The van der Waals surface area contributed by atoms with E-state index in [1.165, 1.54) is 13.0 Å². The number of hydrogen-bond acceptors (Lipinski definition) is 9. The van der Waals surface area contributed by atoms with Gasteiger partial charge in [0.15, 0.2) is 17.3 Å². The summed E-state index contributed by atoms with van der Waals surface area (Å²) in [5, 5.41) is 13.6. The number of nitrogens with one attached hydrogen (secondary N) is 1. The van der Waals surface area contributed by atoms with Gasteiger partial charge >= 0.3 is 0 Å². The van der Waals surface area contributed by atoms with E-state index in [2.05, 4.69) is 10.1 Å². The van der Waals surface area contributed by atoms with Crippen LogP contribution >= 0.6 is 11.8 Å². The molecule has 37 heavy (non-hydrogen) atoms. The van der Waals surface area contributed by atoms with Crippen LogP contribution in [0.1, 0.15) is 25.8 Å². The molecular formula is C25H26N4O6S2. The standard InChI is InChI=1S/C25H26N4O6S2/c1-3-33-21-16-17(11-12-20(21)35-14-8-13-34-18-9-6-5-7-10-18)15-19-22(26)29-24(27-23(19)30)36-25(28-29)37(31,32)4-2/h5-7,9-12,15-16,26H,3-4,8,13-14H2,1-2H3/b19-15-,26-22?. The Labute approximate surface area is 219 Å². The molecule has 0 fully saturated rings. The van der Waals surface area contributed by atoms with Gasteiger partial charge in [0.05, 0.1) is 31.1 Å². The van der Waals surface area contributed by atoms with Crippen LogP contribution in [0, 0.1) is 5.41 Å². The number of sulfone groups is 1. The Balaban J connectivity index is 1.46. The van der Waals surface area contributed by atoms with Crippen LogP contribution in [0.15, 0.2) is 64.2 Å². The minimum atomic E-state index is -3.59. The van der Waals surface area contributed by atoms with E-state index < -0.39 is 15.7 Å². The number of nitrogens with zero attached hydrogens (tertiary/aromatic N) is 3. The molecule has 1 N–H and O–H groups in total. The first-order valence-corrected chi connectivity index (χ1v) is 14.1. The van der Waals surface area contributed by atoms with Crippen molar-refractivity contribution >= 4 is 49.0 Å². The van der Waals surface area contributed by atoms with Gasteiger partial charge in [-0.2, -0.15) is 10.0 Å². The van der Waals surface area contributed by atoms with E-state index in [-0.39, 0.29) is 26.7 Å². The van der Waals surface area contributed by atoms with Gasteiger partial charge in [0.1, 0.15) is 5.75 Å². The normalized spacial score (nSPS) is 16.4. The molecule has 0 atom stereocenters. The Hall–Kier alpha value is -3.64. The van der Waals surface area contributed by atoms with Crippen molar-refractivity contribution in [3.63, 3.8) is 0 Å². The summed E-state index contributed by atoms with van der Waals surface area (Å²) in [6.45, 7) is 4.68. The number of carbonyl (C=O) groups is 1. The molecule has 2 aromatic carbocycles. The minimum absolute atomic E-state index is 0.0163. The fourth-order valence-electron chi connectivity index (χ4n) is 3.34. The van der Waals surface area contributed by atoms with E-state index in [1.54, 1.807) is 18.2 Å². The third-order valence-corrected chi connectivity index (χ3v) is 8.31. The van der Waals surface area contributed by atoms with Gasteiger partial charge in [-0.3, -0.25) is 10.2 Å². The van der Waals surface area contributed by atoms with Crippen molar-refractivity contribution in [1.29, 1.82) is 5.41 Å². The van der Waals surface area contributed by atoms with Crippen molar-refractivity contribution in [2.45, 2.75) is 20.3 Å². The van der Waals surface area contributed by atoms with E-state index in [0.717, 1.165) is 22.5 Å². The van der Waals surface area contributed by atoms with Gasteiger partial charge in [-0.25, -0.2) is 8.42 Å². The van der Waals surface area contributed by atoms with Crippen LogP contribution in [0.5, 0.6) is 17.2 Å². The van der Waals surface area contributed by atoms with Crippen molar-refractivity contribution in [2.75, 3.05) is 25.6 Å². The summed E-state index contributed by atoms with van der Waals surface area (Å²) in [4.78, 5) is 16.6. The molecule has 0 spiro atoms. The fraction of sp³-hybridized carbons (Fsp3) is 0.280. The van der Waals surface area contributed by atoms with Gasteiger partial charge < -0.3 is 14.2 Å². The van der Waals surface area contributed by atoms with Crippen LogP contribution in [-0.4, -0.2) is 60.3 Å². The molecule has 2 heterocycles. The van der Waals surface area contributed by atoms with Crippen LogP contribution in [0.4, 0.5) is 0 Å². The number of hydrazone groups is 1. The highest BCUT2D eigenvalue weighted by Gasteiger charge is 2.39. The molecule has 0 unspecified atom stereocenters. The third-order valence-electron chi connectivity index (χ3n) is 5.22. The third kappa shape index (κ3) is 6.20. The van der Waals surface area contributed by atoms with Gasteiger partial charge in [0.2, 0.25) is 19.4 Å². The topological polar surface area (TPSA) is 131 Å². The van der Waals surface area contributed by atoms with Crippen molar-refractivity contribution in [3.05, 3.63) is 59.7 Å². The van der Waals surface area contributed by atoms with Crippen LogP contribution < -0.4 is 14.2 Å². The summed E-state index contributed by atoms with van der Waals surface area (Å²) in [5.41, 5.74) is 0.574. The highest BCUT2D eigenvalue weighted by molar-refractivity contribution is 8.42. The molecule has 0 aromatic heterocycles. The molecule has 4 rings (SSSR count). The molecular weight excluding hydrogens is 516 g/mol. The van der Waals surface area contributed by atoms with E-state index in [9.17, 15) is 13.2 Å². The first kappa shape index (κ1) is 26.4. The summed E-state index contributed by atoms with van der Waals surface area (Å²) in [6.07, 6.45) is 2.17. The summed E-state index contributed by atoms with van der Waals surface area (Å²) in [5.74, 6) is 0.801. The molecule has 194 valence electrons. The van der Waals surface area contributed by atoms with E-state index in [4.69, 9.17) is 19.6 Å². The lowest BCUT2D eigenvalue weighted by Crippen LogP contribution is -2.35. The van der Waals surface area contributed by atoms with Crippen molar-refractivity contribution in [1.82, 2.24) is 5.01 Å². The van der Waals surface area contributed by atoms with Crippen LogP contribution in [-0.2, 0) is 14.6 Å². The maximum absolute atomic E-state index is 12.7. The van der Waals surface area contributed by atoms with Gasteiger partial charge in [-0.1, -0.05) is 31.2 Å². The Morgan fingerprint density at radius 2 is 1.78 bits per heavy atom. The largest absolute Gasteiger partial charge is 0.493 e. The number of benzene rings is 2. The first-order valence-electron chi connectivity index (χ1n) is 11.6. The fourth-order valence-corrected chi connectivity index (χ4v) is 5.50. The molecule has 10 nitrogen and oxygen atoms in total. The van der Waals surface area contributed by atoms with Crippen molar-refractivity contribution in [2.24, 2.45) is 10.1 Å². The molecule has 0 saturated carbocycles.